The van der Waals surface area contributed by atoms with E-state index in [4.69, 9.17) is 4.74 Å². The Hall–Kier alpha value is -1.90. The highest BCUT2D eigenvalue weighted by atomic mass is 79.9. The molecular weight excluding hydrogens is 444 g/mol. The number of ether oxygens (including phenoxy) is 1. The summed E-state index contributed by atoms with van der Waals surface area (Å²) in [5, 5.41) is 2.88. The number of piperidine rings is 1. The third kappa shape index (κ3) is 4.56. The number of amides is 1. The van der Waals surface area contributed by atoms with Gasteiger partial charge in [-0.1, -0.05) is 28.1 Å². The number of hydrogen-bond acceptors (Lipinski definition) is 4. The van der Waals surface area contributed by atoms with Crippen LogP contribution in [0.5, 0.6) is 5.75 Å². The minimum atomic E-state index is -3.75. The molecule has 3 rings (SSSR count). The van der Waals surface area contributed by atoms with Crippen molar-refractivity contribution in [2.75, 3.05) is 25.5 Å². The van der Waals surface area contributed by atoms with Crippen molar-refractivity contribution in [1.29, 1.82) is 0 Å². The lowest BCUT2D eigenvalue weighted by Gasteiger charge is -2.31. The van der Waals surface area contributed by atoms with Crippen molar-refractivity contribution in [3.05, 3.63) is 52.5 Å². The minimum absolute atomic E-state index is 0.142. The molecule has 28 heavy (non-hydrogen) atoms. The molecule has 1 aliphatic rings. The standard InChI is InChI=1S/C20H23BrN2O4S/c1-14-8-9-18(27-2)19(11-14)28(25,26)23-10-4-5-15(13-23)20(24)22-17-7-3-6-16(21)12-17/h3,6-9,11-12,15H,4-5,10,13H2,1-2H3,(H,22,24)/t15-/m1/s1. The van der Waals surface area contributed by atoms with Gasteiger partial charge in [0.2, 0.25) is 15.9 Å². The van der Waals surface area contributed by atoms with Crippen molar-refractivity contribution in [2.45, 2.75) is 24.7 Å². The van der Waals surface area contributed by atoms with Gasteiger partial charge < -0.3 is 10.1 Å². The number of rotatable bonds is 5. The zero-order valence-corrected chi connectivity index (χ0v) is 18.2. The third-order valence-electron chi connectivity index (χ3n) is 4.78. The third-order valence-corrected chi connectivity index (χ3v) is 7.16. The Balaban J connectivity index is 1.79. The molecule has 1 atom stereocenters. The van der Waals surface area contributed by atoms with Gasteiger partial charge in [-0.05, 0) is 55.7 Å². The normalized spacial score (nSPS) is 17.9. The van der Waals surface area contributed by atoms with E-state index in [2.05, 4.69) is 21.2 Å². The summed E-state index contributed by atoms with van der Waals surface area (Å²) in [6.45, 7) is 2.38. The van der Waals surface area contributed by atoms with E-state index in [1.165, 1.54) is 11.4 Å². The van der Waals surface area contributed by atoms with Crippen LogP contribution in [-0.2, 0) is 14.8 Å². The van der Waals surface area contributed by atoms with Crippen molar-refractivity contribution >= 4 is 37.5 Å². The topological polar surface area (TPSA) is 75.7 Å². The summed E-state index contributed by atoms with van der Waals surface area (Å²) in [6, 6.07) is 12.4. The largest absolute Gasteiger partial charge is 0.495 e. The Morgan fingerprint density at radius 3 is 2.75 bits per heavy atom. The smallest absolute Gasteiger partial charge is 0.246 e. The van der Waals surface area contributed by atoms with Gasteiger partial charge >= 0.3 is 0 Å². The lowest BCUT2D eigenvalue weighted by Crippen LogP contribution is -2.43. The molecule has 1 aliphatic heterocycles. The number of nitrogens with zero attached hydrogens (tertiary/aromatic N) is 1. The van der Waals surface area contributed by atoms with E-state index in [1.807, 2.05) is 31.2 Å². The zero-order valence-electron chi connectivity index (χ0n) is 15.8. The summed E-state index contributed by atoms with van der Waals surface area (Å²) in [6.07, 6.45) is 1.28. The first kappa shape index (κ1) is 20.8. The molecule has 0 aliphatic carbocycles. The van der Waals surface area contributed by atoms with Crippen molar-refractivity contribution < 1.29 is 17.9 Å². The Morgan fingerprint density at radius 1 is 1.25 bits per heavy atom. The summed E-state index contributed by atoms with van der Waals surface area (Å²) in [5.74, 6) is -0.265. The van der Waals surface area contributed by atoms with Gasteiger partial charge in [-0.2, -0.15) is 4.31 Å². The second-order valence-electron chi connectivity index (χ2n) is 6.86. The van der Waals surface area contributed by atoms with Gasteiger partial charge in [-0.25, -0.2) is 8.42 Å². The first-order valence-electron chi connectivity index (χ1n) is 9.02. The fraction of sp³-hybridized carbons (Fsp3) is 0.350. The molecule has 1 fully saturated rings. The highest BCUT2D eigenvalue weighted by molar-refractivity contribution is 9.10. The van der Waals surface area contributed by atoms with Gasteiger partial charge in [0, 0.05) is 23.2 Å². The van der Waals surface area contributed by atoms with E-state index in [1.54, 1.807) is 18.2 Å². The number of aryl methyl sites for hydroxylation is 1. The fourth-order valence-electron chi connectivity index (χ4n) is 3.31. The number of nitrogens with one attached hydrogen (secondary N) is 1. The van der Waals surface area contributed by atoms with Crippen LogP contribution in [-0.4, -0.2) is 38.8 Å². The Kier molecular flexibility index (Phi) is 6.42. The molecule has 8 heteroatoms. The van der Waals surface area contributed by atoms with Gasteiger partial charge in [0.05, 0.1) is 13.0 Å². The number of carbonyl (C=O) groups is 1. The van der Waals surface area contributed by atoms with Crippen molar-refractivity contribution in [3.8, 4) is 5.75 Å². The molecule has 0 radical (unpaired) electrons. The summed E-state index contributed by atoms with van der Waals surface area (Å²) in [4.78, 5) is 12.8. The average Bonchev–Trinajstić information content (AvgIpc) is 2.68. The molecule has 0 aromatic heterocycles. The molecule has 0 bridgehead atoms. The lowest BCUT2D eigenvalue weighted by molar-refractivity contribution is -0.120. The Morgan fingerprint density at radius 2 is 2.04 bits per heavy atom. The summed E-state index contributed by atoms with van der Waals surface area (Å²) >= 11 is 3.38. The van der Waals surface area contributed by atoms with Crippen LogP contribution in [0, 0.1) is 12.8 Å². The molecule has 1 amide bonds. The highest BCUT2D eigenvalue weighted by Gasteiger charge is 2.35. The molecule has 0 saturated carbocycles. The molecule has 0 spiro atoms. The van der Waals surface area contributed by atoms with Crippen LogP contribution >= 0.6 is 15.9 Å². The highest BCUT2D eigenvalue weighted by Crippen LogP contribution is 2.31. The monoisotopic (exact) mass is 466 g/mol. The number of halogens is 1. The quantitative estimate of drug-likeness (QED) is 0.726. The first-order chi connectivity index (χ1) is 13.3. The van der Waals surface area contributed by atoms with Crippen LogP contribution in [0.2, 0.25) is 0 Å². The molecule has 1 N–H and O–H groups in total. The molecular formula is C20H23BrN2O4S. The molecule has 1 saturated heterocycles. The number of hydrogen-bond donors (Lipinski definition) is 1. The lowest BCUT2D eigenvalue weighted by atomic mass is 9.99. The minimum Gasteiger partial charge on any atom is -0.495 e. The molecule has 0 unspecified atom stereocenters. The van der Waals surface area contributed by atoms with E-state index in [-0.39, 0.29) is 17.3 Å². The molecule has 1 heterocycles. The van der Waals surface area contributed by atoms with Crippen molar-refractivity contribution in [2.24, 2.45) is 5.92 Å². The van der Waals surface area contributed by atoms with Gasteiger partial charge in [0.1, 0.15) is 10.6 Å². The molecule has 2 aromatic rings. The first-order valence-corrected chi connectivity index (χ1v) is 11.3. The van der Waals surface area contributed by atoms with Crippen LogP contribution in [0.3, 0.4) is 0 Å². The maximum atomic E-state index is 13.2. The molecule has 6 nitrogen and oxygen atoms in total. The summed E-state index contributed by atoms with van der Waals surface area (Å²) in [5.41, 5.74) is 1.51. The molecule has 150 valence electrons. The van der Waals surface area contributed by atoms with E-state index in [0.29, 0.717) is 30.8 Å². The number of benzene rings is 2. The Bertz CT molecular complexity index is 978. The van der Waals surface area contributed by atoms with Gasteiger partial charge in [-0.15, -0.1) is 0 Å². The van der Waals surface area contributed by atoms with E-state index >= 15 is 0 Å². The predicted octanol–water partition coefficient (Wildman–Crippen LogP) is 3.81. The second kappa shape index (κ2) is 8.63. The number of sulfonamides is 1. The van der Waals surface area contributed by atoms with Crippen LogP contribution in [0.4, 0.5) is 5.69 Å². The molecule has 2 aromatic carbocycles. The number of methoxy groups -OCH3 is 1. The van der Waals surface area contributed by atoms with Crippen molar-refractivity contribution in [3.63, 3.8) is 0 Å². The van der Waals surface area contributed by atoms with Crippen LogP contribution in [0.15, 0.2) is 51.8 Å². The maximum absolute atomic E-state index is 13.2. The van der Waals surface area contributed by atoms with Crippen molar-refractivity contribution in [1.82, 2.24) is 4.31 Å². The number of carbonyl (C=O) groups excluding carboxylic acids is 1. The van der Waals surface area contributed by atoms with E-state index in [9.17, 15) is 13.2 Å². The SMILES string of the molecule is COc1ccc(C)cc1S(=O)(=O)N1CCC[C@@H](C(=O)Nc2cccc(Br)c2)C1. The summed E-state index contributed by atoms with van der Waals surface area (Å²) in [7, 11) is -2.30. The number of anilines is 1. The van der Waals surface area contributed by atoms with E-state index < -0.39 is 15.9 Å². The van der Waals surface area contributed by atoms with E-state index in [0.717, 1.165) is 10.0 Å². The van der Waals surface area contributed by atoms with Crippen LogP contribution in [0.1, 0.15) is 18.4 Å². The van der Waals surface area contributed by atoms with Gasteiger partial charge in [-0.3, -0.25) is 4.79 Å². The second-order valence-corrected chi connectivity index (χ2v) is 9.68. The van der Waals surface area contributed by atoms with Gasteiger partial charge in [0.15, 0.2) is 0 Å². The predicted molar refractivity (Wildman–Crippen MR) is 112 cm³/mol. The van der Waals surface area contributed by atoms with Crippen LogP contribution < -0.4 is 10.1 Å². The fourth-order valence-corrected chi connectivity index (χ4v) is 5.47. The maximum Gasteiger partial charge on any atom is 0.246 e. The van der Waals surface area contributed by atoms with Crippen LogP contribution in [0.25, 0.3) is 0 Å². The average molecular weight is 467 g/mol. The summed E-state index contributed by atoms with van der Waals surface area (Å²) < 4.78 is 33.9. The zero-order chi connectivity index (χ0) is 20.3. The Labute approximate surface area is 174 Å². The van der Waals surface area contributed by atoms with Gasteiger partial charge in [0.25, 0.3) is 0 Å².